The van der Waals surface area contributed by atoms with Crippen LogP contribution in [-0.2, 0) is 24.2 Å². The van der Waals surface area contributed by atoms with E-state index < -0.39 is 5.91 Å². The highest BCUT2D eigenvalue weighted by molar-refractivity contribution is 7.82. The summed E-state index contributed by atoms with van der Waals surface area (Å²) in [5.74, 6) is 0.759. The smallest absolute Gasteiger partial charge is 0.283 e. The van der Waals surface area contributed by atoms with Gasteiger partial charge < -0.3 is 15.4 Å². The Morgan fingerprint density at radius 1 is 1.07 bits per heavy atom. The second-order valence-corrected chi connectivity index (χ2v) is 7.68. The number of nitrogens with one attached hydrogen (secondary N) is 2. The van der Waals surface area contributed by atoms with Gasteiger partial charge >= 0.3 is 0 Å². The molecule has 0 aliphatic heterocycles. The van der Waals surface area contributed by atoms with Crippen molar-refractivity contribution < 1.29 is 9.53 Å². The van der Waals surface area contributed by atoms with Crippen LogP contribution in [0.4, 0.5) is 5.69 Å². The summed E-state index contributed by atoms with van der Waals surface area (Å²) in [6, 6.07) is 17.3. The van der Waals surface area contributed by atoms with Crippen LogP contribution in [0.3, 0.4) is 0 Å². The van der Waals surface area contributed by atoms with Gasteiger partial charge in [0.15, 0.2) is 4.99 Å². The average Bonchev–Trinajstić information content (AvgIpc) is 3.27. The Labute approximate surface area is 181 Å². The van der Waals surface area contributed by atoms with Crippen LogP contribution in [0.1, 0.15) is 28.7 Å². The van der Waals surface area contributed by atoms with E-state index in [9.17, 15) is 4.79 Å². The molecule has 0 atom stereocenters. The number of anilines is 1. The summed E-state index contributed by atoms with van der Waals surface area (Å²) in [4.78, 5) is 17.0. The fourth-order valence-electron chi connectivity index (χ4n) is 3.66. The Balaban J connectivity index is 1.45. The second kappa shape index (κ2) is 9.05. The summed E-state index contributed by atoms with van der Waals surface area (Å²) in [5.41, 5.74) is 5.42. The lowest BCUT2D eigenvalue weighted by Gasteiger charge is -2.15. The van der Waals surface area contributed by atoms with Gasteiger partial charge in [0, 0.05) is 12.7 Å². The van der Waals surface area contributed by atoms with E-state index in [1.165, 1.54) is 16.7 Å². The molecule has 152 valence electrons. The van der Waals surface area contributed by atoms with Crippen LogP contribution in [0, 0.1) is 6.92 Å². The number of aromatic nitrogens is 1. The molecule has 1 heterocycles. The zero-order valence-electron chi connectivity index (χ0n) is 16.8. The van der Waals surface area contributed by atoms with Crippen molar-refractivity contribution in [2.24, 2.45) is 0 Å². The van der Waals surface area contributed by atoms with Gasteiger partial charge in [0.1, 0.15) is 11.4 Å². The van der Waals surface area contributed by atoms with Crippen LogP contribution in [0.2, 0.25) is 0 Å². The maximum absolute atomic E-state index is 12.6. The highest BCUT2D eigenvalue weighted by Crippen LogP contribution is 2.36. The van der Waals surface area contributed by atoms with Crippen LogP contribution in [-0.4, -0.2) is 15.9 Å². The first kappa shape index (κ1) is 20.0. The van der Waals surface area contributed by atoms with Crippen molar-refractivity contribution in [3.05, 3.63) is 83.0 Å². The number of hydrogen-bond donors (Lipinski definition) is 2. The molecule has 4 rings (SSSR count). The number of carbonyl (C=O) groups excluding carboxylic acids is 1. The lowest BCUT2D eigenvalue weighted by molar-refractivity contribution is -0.110. The van der Waals surface area contributed by atoms with Gasteiger partial charge in [0.25, 0.3) is 5.91 Å². The van der Waals surface area contributed by atoms with Crippen LogP contribution in [0.15, 0.2) is 60.8 Å². The minimum atomic E-state index is -0.395. The predicted molar refractivity (Wildman–Crippen MR) is 122 cm³/mol. The Morgan fingerprint density at radius 3 is 2.70 bits per heavy atom. The lowest BCUT2D eigenvalue weighted by Crippen LogP contribution is -2.33. The molecule has 0 fully saturated rings. The molecule has 1 aromatic heterocycles. The number of benzene rings is 2. The Morgan fingerprint density at radius 2 is 1.87 bits per heavy atom. The molecule has 30 heavy (non-hydrogen) atoms. The molecule has 6 heteroatoms. The first-order valence-electron chi connectivity index (χ1n) is 9.99. The van der Waals surface area contributed by atoms with Gasteiger partial charge in [-0.3, -0.25) is 4.79 Å². The van der Waals surface area contributed by atoms with E-state index in [0.717, 1.165) is 30.6 Å². The number of ether oxygens (including phenoxy) is 1. The van der Waals surface area contributed by atoms with Crippen LogP contribution in [0.25, 0.3) is 0 Å². The van der Waals surface area contributed by atoms with E-state index in [2.05, 4.69) is 28.6 Å². The normalized spacial score (nSPS) is 12.2. The summed E-state index contributed by atoms with van der Waals surface area (Å²) in [6.07, 6.45) is 4.84. The monoisotopic (exact) mass is 417 g/mol. The van der Waals surface area contributed by atoms with Crippen molar-refractivity contribution in [1.82, 2.24) is 10.3 Å². The molecule has 5 nitrogen and oxygen atoms in total. The third kappa shape index (κ3) is 4.49. The highest BCUT2D eigenvalue weighted by atomic mass is 32.1. The molecule has 0 spiro atoms. The first-order chi connectivity index (χ1) is 14.6. The van der Waals surface area contributed by atoms with E-state index in [1.807, 2.05) is 36.4 Å². The molecule has 0 radical (unpaired) electrons. The van der Waals surface area contributed by atoms with Crippen molar-refractivity contribution in [2.75, 3.05) is 5.32 Å². The Hall–Kier alpha value is -3.25. The molecular weight excluding hydrogens is 394 g/mol. The van der Waals surface area contributed by atoms with E-state index in [4.69, 9.17) is 17.0 Å². The third-order valence-corrected chi connectivity index (χ3v) is 5.53. The molecule has 3 aromatic rings. The van der Waals surface area contributed by atoms with Crippen molar-refractivity contribution in [2.45, 2.75) is 32.7 Å². The molecule has 1 aliphatic rings. The summed E-state index contributed by atoms with van der Waals surface area (Å²) in [6.45, 7) is 2.61. The van der Waals surface area contributed by atoms with Crippen molar-refractivity contribution >= 4 is 28.8 Å². The second-order valence-electron chi connectivity index (χ2n) is 7.27. The Bertz CT molecular complexity index is 1080. The average molecular weight is 418 g/mol. The SMILES string of the molecule is Cc1ccc(Oc2ncccc2NC(=O)C(=S)NCc2ccccc2)c2c1CCC2. The fraction of sp³-hybridized carbons (Fsp3) is 0.208. The quantitative estimate of drug-likeness (QED) is 0.588. The first-order valence-corrected chi connectivity index (χ1v) is 10.4. The molecule has 0 saturated carbocycles. The van der Waals surface area contributed by atoms with Crippen molar-refractivity contribution in [3.63, 3.8) is 0 Å². The summed E-state index contributed by atoms with van der Waals surface area (Å²) in [5, 5.41) is 5.80. The van der Waals surface area contributed by atoms with Gasteiger partial charge in [-0.2, -0.15) is 0 Å². The number of rotatable bonds is 5. The molecular formula is C24H23N3O2S. The number of amides is 1. The summed E-state index contributed by atoms with van der Waals surface area (Å²) < 4.78 is 6.13. The molecule has 0 saturated heterocycles. The third-order valence-electron chi connectivity index (χ3n) is 5.20. The fourth-order valence-corrected chi connectivity index (χ4v) is 3.78. The minimum absolute atomic E-state index is 0.116. The van der Waals surface area contributed by atoms with E-state index >= 15 is 0 Å². The van der Waals surface area contributed by atoms with Gasteiger partial charge in [0.2, 0.25) is 5.88 Å². The number of hydrogen-bond acceptors (Lipinski definition) is 4. The number of fused-ring (bicyclic) bond motifs is 1. The number of thiocarbonyl (C=S) groups is 1. The maximum atomic E-state index is 12.6. The van der Waals surface area contributed by atoms with Crippen LogP contribution < -0.4 is 15.4 Å². The van der Waals surface area contributed by atoms with E-state index in [1.54, 1.807) is 18.3 Å². The minimum Gasteiger partial charge on any atom is -0.437 e. The standard InChI is InChI=1S/C24H23N3O2S/c1-16-12-13-21(19-10-5-9-18(16)19)29-23-20(11-6-14-25-23)27-22(28)24(30)26-15-17-7-3-2-4-8-17/h2-4,6-8,11-14H,5,9-10,15H2,1H3,(H,26,30)(H,27,28). The number of carbonyl (C=O) groups is 1. The molecule has 0 bridgehead atoms. The topological polar surface area (TPSA) is 63.2 Å². The van der Waals surface area contributed by atoms with Gasteiger partial charge in [-0.25, -0.2) is 4.98 Å². The highest BCUT2D eigenvalue weighted by Gasteiger charge is 2.20. The molecule has 2 aromatic carbocycles. The number of aryl methyl sites for hydroxylation is 1. The lowest BCUT2D eigenvalue weighted by atomic mass is 10.0. The van der Waals surface area contributed by atoms with Crippen LogP contribution in [0.5, 0.6) is 11.6 Å². The zero-order chi connectivity index (χ0) is 20.9. The van der Waals surface area contributed by atoms with Gasteiger partial charge in [-0.05, 0) is 66.6 Å². The summed E-state index contributed by atoms with van der Waals surface area (Å²) in [7, 11) is 0. The van der Waals surface area contributed by atoms with Crippen molar-refractivity contribution in [1.29, 1.82) is 0 Å². The zero-order valence-corrected chi connectivity index (χ0v) is 17.6. The van der Waals surface area contributed by atoms with E-state index in [-0.39, 0.29) is 4.99 Å². The van der Waals surface area contributed by atoms with Gasteiger partial charge in [-0.15, -0.1) is 0 Å². The number of nitrogens with zero attached hydrogens (tertiary/aromatic N) is 1. The molecule has 2 N–H and O–H groups in total. The maximum Gasteiger partial charge on any atom is 0.283 e. The van der Waals surface area contributed by atoms with E-state index in [0.29, 0.717) is 18.1 Å². The van der Waals surface area contributed by atoms with Gasteiger partial charge in [0.05, 0.1) is 0 Å². The Kier molecular flexibility index (Phi) is 6.05. The predicted octanol–water partition coefficient (Wildman–Crippen LogP) is 4.73. The molecule has 1 aliphatic carbocycles. The number of pyridine rings is 1. The summed E-state index contributed by atoms with van der Waals surface area (Å²) >= 11 is 5.24. The van der Waals surface area contributed by atoms with Crippen LogP contribution >= 0.6 is 12.2 Å². The van der Waals surface area contributed by atoms with Gasteiger partial charge in [-0.1, -0.05) is 48.6 Å². The largest absolute Gasteiger partial charge is 0.437 e. The molecule has 1 amide bonds. The molecule has 0 unspecified atom stereocenters. The van der Waals surface area contributed by atoms with Crippen molar-refractivity contribution in [3.8, 4) is 11.6 Å².